The van der Waals surface area contributed by atoms with Crippen LogP contribution in [0.25, 0.3) is 21.5 Å². The molecule has 9 aromatic rings. The van der Waals surface area contributed by atoms with Crippen molar-refractivity contribution >= 4 is 126 Å². The van der Waals surface area contributed by atoms with Crippen LogP contribution in [0.5, 0.6) is 5.75 Å². The quantitative estimate of drug-likeness (QED) is 0.00499. The van der Waals surface area contributed by atoms with Gasteiger partial charge in [0, 0.05) is 156 Å². The van der Waals surface area contributed by atoms with Gasteiger partial charge in [0.05, 0.1) is 82.8 Å². The van der Waals surface area contributed by atoms with Crippen LogP contribution in [-0.4, -0.2) is 174 Å². The zero-order chi connectivity index (χ0) is 102. The van der Waals surface area contributed by atoms with E-state index in [1.807, 2.05) is 209 Å². The molecule has 0 radical (unpaired) electrons. The molecule has 1 fully saturated rings. The van der Waals surface area contributed by atoms with Crippen molar-refractivity contribution in [1.82, 2.24) is 4.90 Å². The Labute approximate surface area is 820 Å². The van der Waals surface area contributed by atoms with Gasteiger partial charge in [0.25, 0.3) is 39.1 Å². The number of ether oxygens (including phenoxy) is 1. The number of amides is 2. The summed E-state index contributed by atoms with van der Waals surface area (Å²) in [5.74, 6) is 25.6. The van der Waals surface area contributed by atoms with Crippen LogP contribution in [0, 0.1) is 64.4 Å². The Bertz CT molecular complexity index is 6300. The van der Waals surface area contributed by atoms with E-state index >= 15 is 0 Å². The van der Waals surface area contributed by atoms with Crippen LogP contribution >= 0.6 is 58.5 Å². The molecule has 0 aromatic heterocycles. The van der Waals surface area contributed by atoms with Gasteiger partial charge in [-0.2, -0.15) is 0 Å². The van der Waals surface area contributed by atoms with Crippen molar-refractivity contribution in [2.75, 3.05) is 161 Å². The second-order valence-electron chi connectivity index (χ2n) is 32.6. The minimum Gasteiger partial charge on any atom is -0.779 e. The number of phosphoric ester groups is 5. The summed E-state index contributed by atoms with van der Waals surface area (Å²) in [5, 5.41) is 14.3. The van der Waals surface area contributed by atoms with Gasteiger partial charge >= 0.3 is 11.7 Å². The van der Waals surface area contributed by atoms with E-state index in [4.69, 9.17) is 36.4 Å². The first kappa shape index (κ1) is 114. The molecule has 1 aliphatic rings. The zero-order valence-electron chi connectivity index (χ0n) is 79.3. The maximum atomic E-state index is 13.0. The molecule has 140 heavy (non-hydrogen) atoms. The summed E-state index contributed by atoms with van der Waals surface area (Å²) in [5.41, 5.74) is 12.0. The highest BCUT2D eigenvalue weighted by Gasteiger charge is 2.38. The van der Waals surface area contributed by atoms with Crippen LogP contribution in [0.3, 0.4) is 0 Å². The summed E-state index contributed by atoms with van der Waals surface area (Å²) < 4.78 is 130. The molecule has 9 aromatic carbocycles. The molecule has 0 saturated carbocycles. The lowest BCUT2D eigenvalue weighted by Gasteiger charge is -2.26. The number of rotatable bonds is 51. The van der Waals surface area contributed by atoms with Crippen LogP contribution in [0.4, 0.5) is 28.4 Å². The van der Waals surface area contributed by atoms with Crippen LogP contribution in [-0.2, 0) is 105 Å². The molecule has 1 aliphatic heterocycles. The third-order valence-corrected chi connectivity index (χ3v) is 27.7. The largest absolute Gasteiger partial charge is 0.779 e. The molecule has 0 spiro atoms. The normalized spacial score (nSPS) is 14.9. The number of benzene rings is 9. The molecule has 7 atom stereocenters. The molecule has 42 heteroatoms. The number of fused-ring (bicyclic) bond motifs is 2. The smallest absolute Gasteiger partial charge is 0.311 e. The van der Waals surface area contributed by atoms with Gasteiger partial charge in [0.15, 0.2) is 0 Å². The maximum absolute atomic E-state index is 13.0. The number of carbonyl (C=O) groups is 3. The highest BCUT2D eigenvalue weighted by atomic mass is 32.2. The molecule has 2 amide bonds. The second kappa shape index (κ2) is 55.6. The van der Waals surface area contributed by atoms with Crippen LogP contribution < -0.4 is 53.7 Å². The first-order valence-electron chi connectivity index (χ1n) is 44.6. The van der Waals surface area contributed by atoms with Gasteiger partial charge in [-0.15, -0.1) is 11.8 Å². The average Bonchev–Trinajstić information content (AvgIpc) is 1.01. The number of anilines is 4. The number of phosphoric acid groups is 5. The number of aryl methyl sites for hydroxylation is 2. The first-order valence-corrected chi connectivity index (χ1v) is 55.0. The van der Waals surface area contributed by atoms with Crippen molar-refractivity contribution in [3.05, 3.63) is 247 Å². The fourth-order valence-corrected chi connectivity index (χ4v) is 18.7. The number of nitrogens with zero attached hydrogens (tertiary/aromatic N) is 6. The zero-order valence-corrected chi connectivity index (χ0v) is 85.5. The van der Waals surface area contributed by atoms with Crippen LogP contribution in [0.2, 0.25) is 0 Å². The molecular weight excluding hydrogens is 1940 g/mol. The minimum absolute atomic E-state index is 0.0123. The van der Waals surface area contributed by atoms with E-state index in [2.05, 4.69) is 83.7 Å². The Balaban J connectivity index is 0.000000339. The number of nitro benzene ring substituents is 1. The van der Waals surface area contributed by atoms with Crippen molar-refractivity contribution in [3.63, 3.8) is 0 Å². The van der Waals surface area contributed by atoms with Crippen molar-refractivity contribution in [3.8, 4) is 53.1 Å². The molecule has 1 saturated heterocycles. The van der Waals surface area contributed by atoms with Crippen LogP contribution in [0.1, 0.15) is 138 Å². The number of esters is 1. The highest BCUT2D eigenvalue weighted by Crippen LogP contribution is 2.46. The summed E-state index contributed by atoms with van der Waals surface area (Å²) in [4.78, 5) is 130. The first-order chi connectivity index (χ1) is 66.5. The van der Waals surface area contributed by atoms with E-state index < -0.39 is 122 Å². The molecule has 0 N–H and O–H groups in total. The third-order valence-electron chi connectivity index (χ3n) is 20.9. The monoisotopic (exact) mass is 2050 g/mol. The number of hydrogen-bond acceptors (Lipinski definition) is 34. The van der Waals surface area contributed by atoms with E-state index in [9.17, 15) is 81.2 Å². The Hall–Kier alpha value is -10.0. The summed E-state index contributed by atoms with van der Waals surface area (Å²) in [6.07, 6.45) is 6.19. The standard InChI is InChI=1S/C58H69N4O18P3S.C40H49N2O11P3/c1-43-18-31-54(53(39-43)62(66)67)80-57(64)17-9-8-12-32-61-56(63)41-55(58(61)65)84-38-14-7-6-13-33-74-81(68,69)75-34-35-76-82(70,71)77-36-37-78-83(72,73)79-42-47-40-46(25-19-44-20-26-48(27-21-44)59(2)3)50-15-10-11-16-52(50)51(47)30-24-45-22-28-49(29-23-45)60(4)5;1-41(2)36-21-15-32(16-22-36)14-20-35-31-34(39(40-13-9-8-12-38(35)40)25-19-33-17-23-37(24-18-33)42(3)4)11-7-6-10-26-50-55(45,46)52-29-30-53-56(47,48)51-28-27-49-54(5,43)44/h10-11,15-16,18,20-23,26-29,31,39-40,55H,6-9,12-14,17,32-38,41-42H2,1-5H3,(H,68,69)(H,70,71)(H,72,73);8-9,12-13,15-18,21-24,31H,6-7,10-11,26-30H2,1-5H3,(H,43,44)(H,45,46)(H,47,48)/p-6. The molecule has 750 valence electrons. The third kappa shape index (κ3) is 39.4. The topological polar surface area (TPSA) is 462 Å². The summed E-state index contributed by atoms with van der Waals surface area (Å²) in [6.45, 7) is -3.68. The SMILES string of the molecule is CN(C)c1ccc(C#Cc2cc(CCCCCOP(=O)([O-])OCCOP(=O)([O-])OCCOP(C)(=O)[O-])c(C#Cc3ccc(N(C)C)cc3)c3ccccc23)cc1.Cc1ccc(OC(=O)CCCCCN2C(=O)CC(SCCCCCCOP(=O)([O-])OCCOP(=O)([O-])OCCOP(=O)([O-])OCc3cc(C#Cc4ccc(N(C)C)cc4)c4ccccc4c3C#Cc3ccc(N(C)C)cc3)C2=O)c([N+](=O)[O-])c1. The number of hydrogen-bond donors (Lipinski definition) is 0. The molecule has 10 rings (SSSR count). The lowest BCUT2D eigenvalue weighted by atomic mass is 9.92. The average molecular weight is 2060 g/mol. The van der Waals surface area contributed by atoms with Crippen molar-refractivity contribution < 1.29 is 131 Å². The molecule has 35 nitrogen and oxygen atoms in total. The summed E-state index contributed by atoms with van der Waals surface area (Å²) >= 11 is 1.37. The fraction of sp³-hybridized carbons (Fsp3) is 0.378. The van der Waals surface area contributed by atoms with E-state index in [1.165, 1.54) is 28.8 Å². The van der Waals surface area contributed by atoms with Gasteiger partial charge in [0.2, 0.25) is 17.6 Å². The summed E-state index contributed by atoms with van der Waals surface area (Å²) in [7, 11) is -12.9. The number of thioether (sulfide) groups is 1. The Morgan fingerprint density at radius 3 is 1.18 bits per heavy atom. The van der Waals surface area contributed by atoms with E-state index in [0.717, 1.165) is 79.0 Å². The molecule has 0 aliphatic carbocycles. The van der Waals surface area contributed by atoms with Crippen LogP contribution in [0.15, 0.2) is 176 Å². The van der Waals surface area contributed by atoms with E-state index in [0.29, 0.717) is 110 Å². The maximum Gasteiger partial charge on any atom is 0.311 e. The lowest BCUT2D eigenvalue weighted by molar-refractivity contribution is -0.385. The predicted molar refractivity (Wildman–Crippen MR) is 526 cm³/mol. The van der Waals surface area contributed by atoms with Gasteiger partial charge in [0.1, 0.15) is 7.60 Å². The highest BCUT2D eigenvalue weighted by molar-refractivity contribution is 8.00. The number of likely N-dealkylation sites (tertiary alicyclic amines) is 1. The number of unbranched alkanes of at least 4 members (excludes halogenated alkanes) is 7. The lowest BCUT2D eigenvalue weighted by Crippen LogP contribution is -2.32. The van der Waals surface area contributed by atoms with E-state index in [1.54, 1.807) is 19.1 Å². The minimum atomic E-state index is -5.09. The second-order valence-corrected chi connectivity index (χ2v) is 42.7. The molecule has 0 bridgehead atoms. The van der Waals surface area contributed by atoms with Crippen molar-refractivity contribution in [2.45, 2.75) is 102 Å². The Kier molecular flexibility index (Phi) is 45.1. The van der Waals surface area contributed by atoms with Gasteiger partial charge in [-0.25, -0.2) is 0 Å². The Morgan fingerprint density at radius 2 is 0.771 bits per heavy atom. The number of carbonyl (C=O) groups excluding carboxylic acids is 3. The molecule has 1 heterocycles. The van der Waals surface area contributed by atoms with Gasteiger partial charge in [-0.05, 0) is 211 Å². The Morgan fingerprint density at radius 1 is 0.414 bits per heavy atom. The van der Waals surface area contributed by atoms with Gasteiger partial charge in [-0.3, -0.25) is 52.2 Å². The van der Waals surface area contributed by atoms with E-state index in [-0.39, 0.29) is 55.9 Å². The molecular formula is C98H112N6O29P6S-6. The summed E-state index contributed by atoms with van der Waals surface area (Å²) in [6, 6.07) is 55.0. The number of nitro groups is 1. The van der Waals surface area contributed by atoms with Gasteiger partial charge in [-0.1, -0.05) is 128 Å². The van der Waals surface area contributed by atoms with Crippen molar-refractivity contribution in [2.24, 2.45) is 0 Å². The van der Waals surface area contributed by atoms with Gasteiger partial charge < -0.3 is 108 Å². The number of imide groups is 1. The molecule has 7 unspecified atom stereocenters. The van der Waals surface area contributed by atoms with Crippen molar-refractivity contribution in [1.29, 1.82) is 0 Å². The fourth-order valence-electron chi connectivity index (χ4n) is 13.7. The predicted octanol–water partition coefficient (Wildman–Crippen LogP) is 14.3.